The molecule has 0 amide bonds. The molecule has 21 heavy (non-hydrogen) atoms. The van der Waals surface area contributed by atoms with Crippen molar-refractivity contribution < 1.29 is 8.42 Å². The van der Waals surface area contributed by atoms with Gasteiger partial charge >= 0.3 is 0 Å². The number of aromatic amines is 1. The second-order valence-electron chi connectivity index (χ2n) is 6.21. The summed E-state index contributed by atoms with van der Waals surface area (Å²) in [5.41, 5.74) is 0.902. The first-order valence-electron chi connectivity index (χ1n) is 7.80. The van der Waals surface area contributed by atoms with Gasteiger partial charge in [-0.3, -0.25) is 0 Å². The summed E-state index contributed by atoms with van der Waals surface area (Å²) in [7, 11) is -1.67. The topological polar surface area (TPSA) is 65.2 Å². The predicted octanol–water partition coefficient (Wildman–Crippen LogP) is 2.47. The molecule has 2 N–H and O–H groups in total. The number of nitrogens with zero attached hydrogens (tertiary/aromatic N) is 1. The minimum absolute atomic E-state index is 0.149. The van der Waals surface area contributed by atoms with E-state index in [9.17, 15) is 8.42 Å². The van der Waals surface area contributed by atoms with E-state index in [4.69, 9.17) is 0 Å². The zero-order valence-corrected chi connectivity index (χ0v) is 14.0. The maximum Gasteiger partial charge on any atom is 0.244 e. The lowest BCUT2D eigenvalue weighted by Crippen LogP contribution is -2.38. The molecule has 0 saturated heterocycles. The zero-order valence-electron chi connectivity index (χ0n) is 13.2. The molecule has 1 fully saturated rings. The molecule has 1 aromatic rings. The van der Waals surface area contributed by atoms with Crippen LogP contribution < -0.4 is 5.32 Å². The Kier molecular flexibility index (Phi) is 5.46. The number of rotatable bonds is 6. The lowest BCUT2D eigenvalue weighted by atomic mass is 9.96. The Morgan fingerprint density at radius 3 is 2.62 bits per heavy atom. The molecule has 0 radical (unpaired) electrons. The second kappa shape index (κ2) is 6.94. The third-order valence-electron chi connectivity index (χ3n) is 4.18. The first-order chi connectivity index (χ1) is 9.91. The summed E-state index contributed by atoms with van der Waals surface area (Å²) >= 11 is 0. The number of hydrogen-bond acceptors (Lipinski definition) is 3. The van der Waals surface area contributed by atoms with E-state index in [2.05, 4.69) is 24.1 Å². The Morgan fingerprint density at radius 2 is 2.00 bits per heavy atom. The van der Waals surface area contributed by atoms with E-state index in [0.717, 1.165) is 31.4 Å². The average Bonchev–Trinajstić information content (AvgIpc) is 2.95. The molecule has 1 aromatic heterocycles. The molecular weight excluding hydrogens is 286 g/mol. The summed E-state index contributed by atoms with van der Waals surface area (Å²) in [4.78, 5) is 3.43. The molecule has 0 aromatic carbocycles. The minimum Gasteiger partial charge on any atom is -0.363 e. The molecule has 1 aliphatic carbocycles. The van der Waals surface area contributed by atoms with E-state index in [1.165, 1.54) is 6.42 Å². The number of H-pyrrole nitrogens is 1. The molecule has 0 bridgehead atoms. The molecule has 0 aliphatic heterocycles. The van der Waals surface area contributed by atoms with Gasteiger partial charge in [0.05, 0.1) is 4.90 Å². The van der Waals surface area contributed by atoms with Crippen molar-refractivity contribution in [2.24, 2.45) is 0 Å². The van der Waals surface area contributed by atoms with Crippen LogP contribution in [-0.4, -0.2) is 36.8 Å². The molecule has 1 saturated carbocycles. The van der Waals surface area contributed by atoms with Gasteiger partial charge in [-0.1, -0.05) is 33.1 Å². The Balaban J connectivity index is 2.07. The minimum atomic E-state index is -3.38. The van der Waals surface area contributed by atoms with E-state index in [-0.39, 0.29) is 6.04 Å². The summed E-state index contributed by atoms with van der Waals surface area (Å²) in [5.74, 6) is 0. The maximum atomic E-state index is 12.7. The summed E-state index contributed by atoms with van der Waals surface area (Å²) in [5, 5.41) is 3.28. The summed E-state index contributed by atoms with van der Waals surface area (Å²) < 4.78 is 26.9. The van der Waals surface area contributed by atoms with Crippen LogP contribution in [0.5, 0.6) is 0 Å². The van der Waals surface area contributed by atoms with E-state index in [1.54, 1.807) is 23.6 Å². The number of aromatic nitrogens is 1. The van der Waals surface area contributed by atoms with Gasteiger partial charge < -0.3 is 10.3 Å². The lowest BCUT2D eigenvalue weighted by molar-refractivity contribution is 0.286. The average molecular weight is 313 g/mol. The number of hydrogen-bond donors (Lipinski definition) is 2. The first kappa shape index (κ1) is 16.5. The highest BCUT2D eigenvalue weighted by Crippen LogP contribution is 2.26. The van der Waals surface area contributed by atoms with Gasteiger partial charge in [-0.15, -0.1) is 0 Å². The van der Waals surface area contributed by atoms with Crippen molar-refractivity contribution in [2.75, 3.05) is 7.05 Å². The Morgan fingerprint density at radius 1 is 1.33 bits per heavy atom. The van der Waals surface area contributed by atoms with E-state index in [1.807, 2.05) is 0 Å². The van der Waals surface area contributed by atoms with Crippen LogP contribution in [0, 0.1) is 0 Å². The van der Waals surface area contributed by atoms with E-state index in [0.29, 0.717) is 17.5 Å². The van der Waals surface area contributed by atoms with E-state index < -0.39 is 10.0 Å². The third-order valence-corrected chi connectivity index (χ3v) is 6.07. The van der Waals surface area contributed by atoms with Crippen molar-refractivity contribution in [1.82, 2.24) is 14.6 Å². The fourth-order valence-corrected chi connectivity index (χ4v) is 4.23. The summed E-state index contributed by atoms with van der Waals surface area (Å²) in [6.45, 7) is 4.79. The van der Waals surface area contributed by atoms with Gasteiger partial charge in [0, 0.05) is 37.6 Å². The normalized spacial score (nSPS) is 17.8. The van der Waals surface area contributed by atoms with Gasteiger partial charge in [0.15, 0.2) is 0 Å². The van der Waals surface area contributed by atoms with E-state index >= 15 is 0 Å². The molecule has 6 heteroatoms. The maximum absolute atomic E-state index is 12.7. The highest BCUT2D eigenvalue weighted by atomic mass is 32.2. The number of nitrogens with one attached hydrogen (secondary N) is 2. The van der Waals surface area contributed by atoms with Crippen LogP contribution in [0.25, 0.3) is 0 Å². The molecular formula is C15H27N3O2S. The van der Waals surface area contributed by atoms with Crippen LogP contribution in [0.15, 0.2) is 17.2 Å². The fourth-order valence-electron chi connectivity index (χ4n) is 2.79. The first-order valence-corrected chi connectivity index (χ1v) is 9.24. The van der Waals surface area contributed by atoms with Gasteiger partial charge in [-0.2, -0.15) is 4.31 Å². The second-order valence-corrected chi connectivity index (χ2v) is 8.21. The lowest BCUT2D eigenvalue weighted by Gasteiger charge is -2.30. The molecule has 0 spiro atoms. The molecule has 0 atom stereocenters. The van der Waals surface area contributed by atoms with Crippen molar-refractivity contribution in [2.45, 2.75) is 69.5 Å². The zero-order chi connectivity index (χ0) is 15.5. The highest BCUT2D eigenvalue weighted by Gasteiger charge is 2.29. The van der Waals surface area contributed by atoms with Crippen molar-refractivity contribution in [3.63, 3.8) is 0 Å². The van der Waals surface area contributed by atoms with Crippen molar-refractivity contribution in [3.8, 4) is 0 Å². The van der Waals surface area contributed by atoms with Crippen LogP contribution in [0.1, 0.15) is 51.6 Å². The van der Waals surface area contributed by atoms with Gasteiger partial charge in [-0.05, 0) is 18.9 Å². The summed E-state index contributed by atoms with van der Waals surface area (Å²) in [6.07, 6.45) is 7.03. The van der Waals surface area contributed by atoms with Crippen molar-refractivity contribution in [1.29, 1.82) is 0 Å². The van der Waals surface area contributed by atoms with Gasteiger partial charge in [0.2, 0.25) is 10.0 Å². The van der Waals surface area contributed by atoms with Crippen LogP contribution in [0.2, 0.25) is 0 Å². The van der Waals surface area contributed by atoms with Crippen LogP contribution in [0.3, 0.4) is 0 Å². The predicted molar refractivity (Wildman–Crippen MR) is 84.6 cm³/mol. The monoisotopic (exact) mass is 313 g/mol. The summed E-state index contributed by atoms with van der Waals surface area (Å²) in [6, 6.07) is 2.26. The van der Waals surface area contributed by atoms with Gasteiger partial charge in [0.25, 0.3) is 0 Å². The van der Waals surface area contributed by atoms with Crippen molar-refractivity contribution in [3.05, 3.63) is 18.0 Å². The Hall–Kier alpha value is -0.850. The highest BCUT2D eigenvalue weighted by molar-refractivity contribution is 7.89. The van der Waals surface area contributed by atoms with Crippen LogP contribution >= 0.6 is 0 Å². The molecule has 1 heterocycles. The van der Waals surface area contributed by atoms with Gasteiger partial charge in [-0.25, -0.2) is 8.42 Å². The number of sulfonamides is 1. The van der Waals surface area contributed by atoms with Crippen LogP contribution in [0.4, 0.5) is 0 Å². The molecule has 0 unspecified atom stereocenters. The smallest absolute Gasteiger partial charge is 0.244 e. The standard InChI is InChI=1S/C15H27N3O2S/c1-12(2)16-10-13-9-15(11-17-13)21(19,20)18(3)14-7-5-4-6-8-14/h9,11-12,14,16-17H,4-8,10H2,1-3H3. The van der Waals surface area contributed by atoms with Crippen LogP contribution in [-0.2, 0) is 16.6 Å². The Bertz CT molecular complexity index is 545. The third kappa shape index (κ3) is 4.08. The Labute approximate surface area is 128 Å². The quantitative estimate of drug-likeness (QED) is 0.848. The molecule has 2 rings (SSSR count). The SMILES string of the molecule is CC(C)NCc1cc(S(=O)(=O)N(C)C2CCCCC2)c[nH]1. The largest absolute Gasteiger partial charge is 0.363 e. The fraction of sp³-hybridized carbons (Fsp3) is 0.733. The molecule has 5 nitrogen and oxygen atoms in total. The molecule has 120 valence electrons. The van der Waals surface area contributed by atoms with Crippen molar-refractivity contribution >= 4 is 10.0 Å². The van der Waals surface area contributed by atoms with Gasteiger partial charge in [0.1, 0.15) is 0 Å². The molecule has 1 aliphatic rings.